The molecule has 6 atom stereocenters. The van der Waals surface area contributed by atoms with E-state index in [4.69, 9.17) is 28.4 Å². The van der Waals surface area contributed by atoms with Crippen LogP contribution in [0.25, 0.3) is 0 Å². The molecule has 5 N–H and O–H groups in total. The molecule has 3 aliphatic rings. The van der Waals surface area contributed by atoms with Crippen LogP contribution in [0.1, 0.15) is 66.7 Å². The SMILES string of the molecule is COC1C(OC(=O)CCCOCCOCCNC(=O)CNNCC(=O)NCC(=O)C(=O)CNC(C)C)CC[C@]2(CO2)C1C1(C)O[C@@H]1CC=C(C)C. The van der Waals surface area contributed by atoms with Gasteiger partial charge in [0.15, 0.2) is 0 Å². The predicted molar refractivity (Wildman–Crippen MR) is 185 cm³/mol. The Labute approximate surface area is 301 Å². The lowest BCUT2D eigenvalue weighted by molar-refractivity contribution is -0.172. The van der Waals surface area contributed by atoms with Gasteiger partial charge in [-0.15, -0.1) is 0 Å². The molecule has 3 fully saturated rings. The summed E-state index contributed by atoms with van der Waals surface area (Å²) in [6.07, 6.45) is 4.68. The monoisotopic (exact) mass is 725 g/mol. The van der Waals surface area contributed by atoms with Gasteiger partial charge >= 0.3 is 5.97 Å². The highest BCUT2D eigenvalue weighted by atomic mass is 16.6. The van der Waals surface area contributed by atoms with Crippen molar-refractivity contribution >= 4 is 29.4 Å². The number of esters is 1. The fourth-order valence-electron chi connectivity index (χ4n) is 6.28. The maximum atomic E-state index is 12.7. The summed E-state index contributed by atoms with van der Waals surface area (Å²) < 4.78 is 35.1. The maximum Gasteiger partial charge on any atom is 0.306 e. The minimum Gasteiger partial charge on any atom is -0.460 e. The third kappa shape index (κ3) is 14.3. The van der Waals surface area contributed by atoms with Crippen molar-refractivity contribution in [1.29, 1.82) is 0 Å². The second-order valence-corrected chi connectivity index (χ2v) is 13.9. The van der Waals surface area contributed by atoms with E-state index < -0.39 is 17.5 Å². The zero-order valence-electron chi connectivity index (χ0n) is 31.1. The molecule has 51 heavy (non-hydrogen) atoms. The van der Waals surface area contributed by atoms with Crippen LogP contribution >= 0.6 is 0 Å². The van der Waals surface area contributed by atoms with Crippen LogP contribution in [0.15, 0.2) is 11.6 Å². The van der Waals surface area contributed by atoms with E-state index in [1.807, 2.05) is 13.8 Å². The first-order valence-electron chi connectivity index (χ1n) is 17.9. The number of hydrogen-bond acceptors (Lipinski definition) is 14. The summed E-state index contributed by atoms with van der Waals surface area (Å²) in [6.45, 7) is 11.5. The van der Waals surface area contributed by atoms with Gasteiger partial charge in [-0.1, -0.05) is 25.5 Å². The Morgan fingerprint density at radius 2 is 1.55 bits per heavy atom. The second kappa shape index (κ2) is 21.0. The van der Waals surface area contributed by atoms with Crippen LogP contribution in [0.2, 0.25) is 0 Å². The van der Waals surface area contributed by atoms with Gasteiger partial charge < -0.3 is 44.4 Å². The molecule has 16 nitrogen and oxygen atoms in total. The van der Waals surface area contributed by atoms with E-state index in [0.29, 0.717) is 39.3 Å². The molecule has 1 spiro atoms. The van der Waals surface area contributed by atoms with Crippen LogP contribution in [-0.4, -0.2) is 138 Å². The number of allylic oxidation sites excluding steroid dienone is 1. The molecule has 1 saturated carbocycles. The average Bonchev–Trinajstić information content (AvgIpc) is 4.01. The first-order valence-corrected chi connectivity index (χ1v) is 17.9. The van der Waals surface area contributed by atoms with Gasteiger partial charge in [0.1, 0.15) is 23.4 Å². The molecule has 0 radical (unpaired) electrons. The number of hydrazine groups is 1. The third-order valence-corrected chi connectivity index (χ3v) is 9.18. The van der Waals surface area contributed by atoms with Gasteiger partial charge in [-0.3, -0.25) is 24.0 Å². The molecule has 4 unspecified atom stereocenters. The summed E-state index contributed by atoms with van der Waals surface area (Å²) in [5, 5.41) is 7.87. The van der Waals surface area contributed by atoms with Gasteiger partial charge in [0.25, 0.3) is 0 Å². The summed E-state index contributed by atoms with van der Waals surface area (Å²) in [5.41, 5.74) is 5.78. The molecular formula is C35H59N5O11. The smallest absolute Gasteiger partial charge is 0.306 e. The predicted octanol–water partition coefficient (Wildman–Crippen LogP) is -0.118. The topological polar surface area (TPSA) is 207 Å². The number of methoxy groups -OCH3 is 1. The number of carbonyl (C=O) groups excluding carboxylic acids is 5. The molecule has 2 amide bonds. The number of rotatable bonds is 26. The molecule has 16 heteroatoms. The highest BCUT2D eigenvalue weighted by Gasteiger charge is 2.72. The highest BCUT2D eigenvalue weighted by Crippen LogP contribution is 2.59. The highest BCUT2D eigenvalue weighted by molar-refractivity contribution is 6.39. The molecule has 3 rings (SSSR count). The van der Waals surface area contributed by atoms with Gasteiger partial charge in [0.2, 0.25) is 23.4 Å². The van der Waals surface area contributed by atoms with Crippen LogP contribution in [0.3, 0.4) is 0 Å². The summed E-state index contributed by atoms with van der Waals surface area (Å²) in [5.74, 6) is -2.41. The Hall–Kier alpha value is -2.83. The van der Waals surface area contributed by atoms with E-state index >= 15 is 0 Å². The molecule has 2 aliphatic heterocycles. The Morgan fingerprint density at radius 3 is 2.18 bits per heavy atom. The molecule has 2 heterocycles. The number of ketones is 2. The Morgan fingerprint density at radius 1 is 0.902 bits per heavy atom. The molecule has 290 valence electrons. The van der Waals surface area contributed by atoms with Crippen LogP contribution in [0.5, 0.6) is 0 Å². The minimum atomic E-state index is -0.689. The quantitative estimate of drug-likeness (QED) is 0.0197. The van der Waals surface area contributed by atoms with Gasteiger partial charge in [0.05, 0.1) is 64.6 Å². The summed E-state index contributed by atoms with van der Waals surface area (Å²) >= 11 is 0. The number of amides is 2. The molecule has 0 bridgehead atoms. The average molecular weight is 726 g/mol. The van der Waals surface area contributed by atoms with Crippen molar-refractivity contribution in [2.24, 2.45) is 5.92 Å². The standard InChI is InChI=1S/C35H59N5O11/c1-23(2)9-10-28-34(5,51-28)33-32(46-6)27(11-12-35(33)22-49-35)50-31(45)8-7-14-47-16-17-48-15-13-36-29(43)20-39-40-21-30(44)38-19-26(42)25(41)18-37-24(3)4/h9,24,27-28,32-33,37,39-40H,7-8,10-22H2,1-6H3,(H,36,43)(H,38,44)/t27?,28-,32?,33?,34?,35+/m1/s1. The molecule has 1 aliphatic carbocycles. The largest absolute Gasteiger partial charge is 0.460 e. The zero-order valence-corrected chi connectivity index (χ0v) is 31.1. The molecule has 0 aromatic rings. The molecule has 2 saturated heterocycles. The Balaban J connectivity index is 1.16. The van der Waals surface area contributed by atoms with Gasteiger partial charge in [0, 0.05) is 32.7 Å². The van der Waals surface area contributed by atoms with Crippen molar-refractivity contribution in [1.82, 2.24) is 26.8 Å². The summed E-state index contributed by atoms with van der Waals surface area (Å²) in [7, 11) is 1.66. The lowest BCUT2D eigenvalue weighted by atomic mass is 9.68. The summed E-state index contributed by atoms with van der Waals surface area (Å²) in [4.78, 5) is 59.9. The Kier molecular flexibility index (Phi) is 17.5. The molecule has 0 aromatic carbocycles. The Bertz CT molecular complexity index is 1210. The van der Waals surface area contributed by atoms with Crippen molar-refractivity contribution in [3.8, 4) is 0 Å². The van der Waals surface area contributed by atoms with Crippen molar-refractivity contribution in [2.75, 3.05) is 72.9 Å². The number of nitrogens with one attached hydrogen (secondary N) is 5. The van der Waals surface area contributed by atoms with E-state index in [1.54, 1.807) is 7.11 Å². The van der Waals surface area contributed by atoms with Gasteiger partial charge in [-0.05, 0) is 46.5 Å². The van der Waals surface area contributed by atoms with Crippen LogP contribution in [-0.2, 0) is 52.4 Å². The van der Waals surface area contributed by atoms with Gasteiger partial charge in [-0.2, -0.15) is 0 Å². The van der Waals surface area contributed by atoms with Crippen LogP contribution in [0.4, 0.5) is 0 Å². The van der Waals surface area contributed by atoms with Crippen LogP contribution in [0, 0.1) is 5.92 Å². The maximum absolute atomic E-state index is 12.7. The van der Waals surface area contributed by atoms with E-state index in [9.17, 15) is 24.0 Å². The van der Waals surface area contributed by atoms with Crippen molar-refractivity contribution in [2.45, 2.75) is 102 Å². The van der Waals surface area contributed by atoms with E-state index in [1.165, 1.54) is 5.57 Å². The van der Waals surface area contributed by atoms with Crippen molar-refractivity contribution in [3.63, 3.8) is 0 Å². The number of carbonyl (C=O) groups is 5. The summed E-state index contributed by atoms with van der Waals surface area (Å²) in [6, 6.07) is 0.0654. The van der Waals surface area contributed by atoms with E-state index in [-0.39, 0.29) is 99.1 Å². The zero-order chi connectivity index (χ0) is 37.4. The number of Topliss-reactive ketones (excluding diaryl/α,β-unsaturated/α-hetero) is 2. The van der Waals surface area contributed by atoms with Crippen molar-refractivity contribution < 1.29 is 52.4 Å². The number of epoxide rings is 2. The lowest BCUT2D eigenvalue weighted by Crippen LogP contribution is -2.55. The third-order valence-electron chi connectivity index (χ3n) is 9.18. The van der Waals surface area contributed by atoms with E-state index in [0.717, 1.165) is 12.8 Å². The second-order valence-electron chi connectivity index (χ2n) is 13.9. The first-order chi connectivity index (χ1) is 24.3. The fourth-order valence-corrected chi connectivity index (χ4v) is 6.28. The molecule has 0 aromatic heterocycles. The fraction of sp³-hybridized carbons (Fsp3) is 0.800. The van der Waals surface area contributed by atoms with Crippen molar-refractivity contribution in [3.05, 3.63) is 11.6 Å². The number of hydrogen-bond donors (Lipinski definition) is 5. The number of ether oxygens (including phenoxy) is 6. The van der Waals surface area contributed by atoms with Gasteiger partial charge in [-0.25, -0.2) is 10.9 Å². The lowest BCUT2D eigenvalue weighted by Gasteiger charge is -2.42. The normalized spacial score (nSPS) is 26.4. The van der Waals surface area contributed by atoms with Crippen LogP contribution < -0.4 is 26.8 Å². The molecular weight excluding hydrogens is 666 g/mol. The van der Waals surface area contributed by atoms with E-state index in [2.05, 4.69) is 53.6 Å². The first kappa shape index (κ1) is 42.6. The minimum absolute atomic E-state index is 0.0185.